The number of carbonyl (C=O) groups excluding carboxylic acids is 10. The first-order valence-electron chi connectivity index (χ1n) is 27.6. The fourth-order valence-corrected chi connectivity index (χ4v) is 11.7. The number of aromatic hydroxyl groups is 1. The Hall–Kier alpha value is -6.31. The van der Waals surface area contributed by atoms with Gasteiger partial charge >= 0.3 is 5.97 Å². The van der Waals surface area contributed by atoms with Crippen LogP contribution in [0.4, 0.5) is 0 Å². The second kappa shape index (κ2) is 33.1. The molecule has 0 unspecified atom stereocenters. The molecular weight excluding hydrogens is 1110 g/mol. The highest BCUT2D eigenvalue weighted by Crippen LogP contribution is 2.28. The summed E-state index contributed by atoms with van der Waals surface area (Å²) < 4.78 is 0. The molecule has 0 radical (unpaired) electrons. The average Bonchev–Trinajstić information content (AvgIpc) is 4.28. The number of unbranched alkanes of at least 4 members (excludes halogenated alkanes) is 1. The van der Waals surface area contributed by atoms with Crippen molar-refractivity contribution in [2.45, 2.75) is 184 Å². The van der Waals surface area contributed by atoms with Gasteiger partial charge in [-0.2, -0.15) is 0 Å². The number of hydrogen-bond acceptors (Lipinski definition) is 19. The predicted molar refractivity (Wildman–Crippen MR) is 300 cm³/mol. The number of carboxylic acids is 1. The number of phenols is 1. The molecule has 458 valence electrons. The Morgan fingerprint density at radius 3 is 1.84 bits per heavy atom. The van der Waals surface area contributed by atoms with E-state index >= 15 is 0 Å². The standard InChI is InChI=1S/C52H82N12O16S2/c1-6-8-11-31(53)43(70)58-35-24-81-82-25-39(55-33(52(79)80)22-29-14-16-30(68)17-15-29)59-44(71)32(18-19-38(54)69)56-47(74)36-12-9-20-63(36)50(77)37-13-10-21-64(37)51(78)40(26(3)7-2)60-45(72)34(23-65)57-48(75)41(27(4)66)62-49(76)42(28(5)67)61-46(35)73/h14-17,26-28,31-37,39-42,55,65-68H,6-13,18-25,53H2,1-5H3,(H2,54,69)(H,56,74)(H,57,75)(H,58,70)(H,59,71)(H,60,72)(H,61,73)(H,62,76)(H,79,80)/t26-,27+,28+,31-,32-,33-,34-,35-,36-,37-,39+,40-,41-,42-/m0/s1. The van der Waals surface area contributed by atoms with Gasteiger partial charge in [0.05, 0.1) is 31.0 Å². The molecule has 3 saturated heterocycles. The molecule has 0 saturated carbocycles. The van der Waals surface area contributed by atoms with E-state index in [0.29, 0.717) is 37.7 Å². The Balaban J connectivity index is 1.81. The first-order chi connectivity index (χ1) is 38.8. The summed E-state index contributed by atoms with van der Waals surface area (Å²) in [6.45, 7) is 6.66. The zero-order valence-corrected chi connectivity index (χ0v) is 48.4. The average molecular weight is 1200 g/mol. The van der Waals surface area contributed by atoms with Crippen molar-refractivity contribution in [3.8, 4) is 5.75 Å². The number of amides is 10. The van der Waals surface area contributed by atoms with Crippen molar-refractivity contribution in [2.75, 3.05) is 31.2 Å². The van der Waals surface area contributed by atoms with Crippen molar-refractivity contribution >= 4 is 86.6 Å². The number of hydrogen-bond donors (Lipinski definition) is 15. The Bertz CT molecular complexity index is 2410. The van der Waals surface area contributed by atoms with E-state index in [1.807, 2.05) is 6.92 Å². The molecule has 3 heterocycles. The maximum atomic E-state index is 14.6. The second-order valence-electron chi connectivity index (χ2n) is 20.9. The van der Waals surface area contributed by atoms with Crippen molar-refractivity contribution in [3.63, 3.8) is 0 Å². The summed E-state index contributed by atoms with van der Waals surface area (Å²) in [6, 6.07) is -8.92. The third-order valence-electron chi connectivity index (χ3n) is 14.5. The molecule has 3 aliphatic rings. The van der Waals surface area contributed by atoms with E-state index in [9.17, 15) is 78.3 Å². The lowest BCUT2D eigenvalue weighted by Crippen LogP contribution is -2.64. The summed E-state index contributed by atoms with van der Waals surface area (Å²) in [5.74, 6) is -11.5. The van der Waals surface area contributed by atoms with Gasteiger partial charge in [-0.1, -0.05) is 73.8 Å². The van der Waals surface area contributed by atoms with Crippen molar-refractivity contribution < 1.29 is 78.3 Å². The van der Waals surface area contributed by atoms with E-state index < -0.39 is 163 Å². The van der Waals surface area contributed by atoms with Crippen LogP contribution in [0.5, 0.6) is 5.75 Å². The minimum Gasteiger partial charge on any atom is -0.508 e. The zero-order valence-electron chi connectivity index (χ0n) is 46.8. The maximum Gasteiger partial charge on any atom is 0.321 e. The quantitative estimate of drug-likeness (QED) is 0.0629. The first-order valence-corrected chi connectivity index (χ1v) is 30.1. The smallest absolute Gasteiger partial charge is 0.321 e. The lowest BCUT2D eigenvalue weighted by molar-refractivity contribution is -0.149. The van der Waals surface area contributed by atoms with E-state index in [1.165, 1.54) is 34.1 Å². The monoisotopic (exact) mass is 1190 g/mol. The third-order valence-corrected chi connectivity index (χ3v) is 16.9. The number of fused-ring (bicyclic) bond motifs is 2. The number of primary amides is 1. The van der Waals surface area contributed by atoms with Crippen LogP contribution < -0.4 is 54.0 Å². The summed E-state index contributed by atoms with van der Waals surface area (Å²) in [7, 11) is 1.92. The largest absolute Gasteiger partial charge is 0.508 e. The number of aliphatic hydroxyl groups excluding tert-OH is 3. The summed E-state index contributed by atoms with van der Waals surface area (Å²) in [4.78, 5) is 155. The van der Waals surface area contributed by atoms with Crippen LogP contribution in [-0.2, 0) is 59.2 Å². The summed E-state index contributed by atoms with van der Waals surface area (Å²) in [5.41, 5.74) is 12.2. The van der Waals surface area contributed by atoms with Crippen molar-refractivity contribution in [2.24, 2.45) is 17.4 Å². The van der Waals surface area contributed by atoms with E-state index in [0.717, 1.165) is 35.4 Å². The fraction of sp³-hybridized carbons (Fsp3) is 0.673. The first kappa shape index (κ1) is 68.2. The van der Waals surface area contributed by atoms with Gasteiger partial charge in [0.1, 0.15) is 60.1 Å². The number of aliphatic hydroxyl groups is 3. The van der Waals surface area contributed by atoms with Crippen LogP contribution in [0.3, 0.4) is 0 Å². The van der Waals surface area contributed by atoms with Crippen LogP contribution in [0.25, 0.3) is 0 Å². The van der Waals surface area contributed by atoms with E-state index in [2.05, 4.69) is 42.5 Å². The number of nitrogens with one attached hydrogen (secondary N) is 8. The molecule has 0 spiro atoms. The molecule has 3 aliphatic heterocycles. The Morgan fingerprint density at radius 1 is 0.720 bits per heavy atom. The summed E-state index contributed by atoms with van der Waals surface area (Å²) >= 11 is 0. The van der Waals surface area contributed by atoms with Crippen molar-refractivity contribution in [1.82, 2.24) is 52.3 Å². The highest BCUT2D eigenvalue weighted by molar-refractivity contribution is 8.76. The third kappa shape index (κ3) is 20.0. The molecule has 0 aliphatic carbocycles. The van der Waals surface area contributed by atoms with Crippen LogP contribution >= 0.6 is 21.6 Å². The number of aliphatic carboxylic acids is 1. The second-order valence-corrected chi connectivity index (χ2v) is 23.4. The van der Waals surface area contributed by atoms with Gasteiger partial charge in [0.2, 0.25) is 59.1 Å². The molecular formula is C52H82N12O16S2. The van der Waals surface area contributed by atoms with E-state index in [4.69, 9.17) is 11.5 Å². The highest BCUT2D eigenvalue weighted by Gasteiger charge is 2.46. The molecule has 0 bridgehead atoms. The van der Waals surface area contributed by atoms with Gasteiger partial charge in [-0.3, -0.25) is 58.1 Å². The van der Waals surface area contributed by atoms with Gasteiger partial charge in [-0.05, 0) is 82.4 Å². The Labute approximate surface area is 483 Å². The predicted octanol–water partition coefficient (Wildman–Crippen LogP) is -3.71. The molecule has 17 N–H and O–H groups in total. The number of nitrogens with zero attached hydrogens (tertiary/aromatic N) is 2. The number of carboxylic acid groups (broad SMARTS) is 1. The van der Waals surface area contributed by atoms with Crippen LogP contribution in [0.1, 0.15) is 104 Å². The fourth-order valence-electron chi connectivity index (χ4n) is 9.46. The van der Waals surface area contributed by atoms with E-state index in [1.54, 1.807) is 13.8 Å². The Morgan fingerprint density at radius 2 is 1.27 bits per heavy atom. The van der Waals surface area contributed by atoms with Gasteiger partial charge in [-0.15, -0.1) is 0 Å². The van der Waals surface area contributed by atoms with Gasteiger partial charge in [0, 0.05) is 31.0 Å². The molecule has 28 nitrogen and oxygen atoms in total. The summed E-state index contributed by atoms with van der Waals surface area (Å²) in [6.07, 6.45) is -2.76. The lowest BCUT2D eigenvalue weighted by Gasteiger charge is -2.35. The molecule has 10 amide bonds. The van der Waals surface area contributed by atoms with Gasteiger partial charge in [-0.25, -0.2) is 0 Å². The van der Waals surface area contributed by atoms with Gasteiger partial charge < -0.3 is 84.0 Å². The number of benzene rings is 1. The molecule has 30 heteroatoms. The molecule has 1 aromatic rings. The van der Waals surface area contributed by atoms with Gasteiger partial charge in [0.25, 0.3) is 0 Å². The number of nitrogens with two attached hydrogens (primary N) is 2. The van der Waals surface area contributed by atoms with Crippen molar-refractivity contribution in [1.29, 1.82) is 0 Å². The molecule has 0 aromatic heterocycles. The minimum atomic E-state index is -1.88. The molecule has 82 heavy (non-hydrogen) atoms. The van der Waals surface area contributed by atoms with Gasteiger partial charge in [0.15, 0.2) is 0 Å². The van der Waals surface area contributed by atoms with Crippen LogP contribution in [0, 0.1) is 5.92 Å². The zero-order chi connectivity index (χ0) is 61.0. The number of carbonyl (C=O) groups is 11. The number of rotatable bonds is 18. The number of phenolic OH excluding ortho intramolecular Hbond substituents is 1. The van der Waals surface area contributed by atoms with Crippen LogP contribution in [-0.4, -0.2) is 210 Å². The SMILES string of the molecule is CCCC[C@H](N)C(=O)N[C@H]1CSSC[C@H](N[C@@H](Cc2ccc(O)cc2)C(=O)O)NC(=O)[C@H](CCC(N)=O)NC(=O)[C@@H]2CCCN2C(=O)[C@@H]2CCCN2C(=O)[C@H]([C@@H](C)CC)NC(=O)[C@H](CO)NC(=O)[C@H]([C@@H](C)O)NC(=O)[C@H]([C@@H](C)O)NC1=O. The van der Waals surface area contributed by atoms with Crippen molar-refractivity contribution in [3.05, 3.63) is 29.8 Å². The lowest BCUT2D eigenvalue weighted by atomic mass is 9.96. The van der Waals surface area contributed by atoms with Crippen LogP contribution in [0.15, 0.2) is 24.3 Å². The van der Waals surface area contributed by atoms with E-state index in [-0.39, 0.29) is 62.4 Å². The maximum absolute atomic E-state index is 14.6. The minimum absolute atomic E-state index is 0.0769. The molecule has 4 rings (SSSR count). The Kier molecular flexibility index (Phi) is 27.5. The summed E-state index contributed by atoms with van der Waals surface area (Å²) in [5, 5.41) is 72.7. The normalized spacial score (nSPS) is 27.2. The van der Waals surface area contributed by atoms with Crippen LogP contribution in [0.2, 0.25) is 0 Å². The molecule has 1 aromatic carbocycles. The highest BCUT2D eigenvalue weighted by atomic mass is 33.1. The molecule has 14 atom stereocenters. The molecule has 3 fully saturated rings. The topological polar surface area (TPSA) is 444 Å².